The minimum absolute atomic E-state index is 0.0255. The highest BCUT2D eigenvalue weighted by molar-refractivity contribution is 14.1. The number of aromatic nitrogens is 2. The smallest absolute Gasteiger partial charge is 0.272 e. The van der Waals surface area contributed by atoms with Gasteiger partial charge in [0.15, 0.2) is 16.5 Å². The number of halogens is 1. The summed E-state index contributed by atoms with van der Waals surface area (Å²) in [5.74, 6) is 1.37. The predicted octanol–water partition coefficient (Wildman–Crippen LogP) is 4.96. The molecule has 0 spiro atoms. The van der Waals surface area contributed by atoms with Gasteiger partial charge in [-0.05, 0) is 46.2 Å². The summed E-state index contributed by atoms with van der Waals surface area (Å²) in [7, 11) is 1.63. The number of ether oxygens (including phenoxy) is 2. The molecule has 0 aliphatic heterocycles. The summed E-state index contributed by atoms with van der Waals surface area (Å²) in [6.07, 6.45) is 5.50. The number of rotatable bonds is 5. The summed E-state index contributed by atoms with van der Waals surface area (Å²) in [6, 6.07) is 5.75. The summed E-state index contributed by atoms with van der Waals surface area (Å²) in [5.41, 5.74) is 1.49. The normalized spacial score (nSPS) is 12.0. The van der Waals surface area contributed by atoms with E-state index in [0.717, 1.165) is 5.56 Å². The zero-order valence-electron chi connectivity index (χ0n) is 15.7. The minimum atomic E-state index is -0.0589. The second kappa shape index (κ2) is 8.02. The largest absolute Gasteiger partial charge is 0.493 e. The number of benzene rings is 1. The number of fused-ring (bicyclic) bond motifs is 1. The van der Waals surface area contributed by atoms with Gasteiger partial charge in [-0.15, -0.1) is 11.3 Å². The maximum absolute atomic E-state index is 12.4. The van der Waals surface area contributed by atoms with E-state index in [-0.39, 0.29) is 11.0 Å². The Morgan fingerprint density at radius 1 is 1.30 bits per heavy atom. The van der Waals surface area contributed by atoms with Gasteiger partial charge in [0.2, 0.25) is 0 Å². The Balaban J connectivity index is 2.00. The van der Waals surface area contributed by atoms with Crippen LogP contribution in [0.1, 0.15) is 32.0 Å². The van der Waals surface area contributed by atoms with E-state index in [0.29, 0.717) is 32.3 Å². The Bertz CT molecular complexity index is 1050. The summed E-state index contributed by atoms with van der Waals surface area (Å²) in [6.45, 7) is 6.92. The highest BCUT2D eigenvalue weighted by Crippen LogP contribution is 2.33. The molecule has 0 saturated heterocycles. The average molecular weight is 496 g/mol. The Labute approximate surface area is 175 Å². The first kappa shape index (κ1) is 19.9. The first-order valence-corrected chi connectivity index (χ1v) is 10.4. The zero-order valence-corrected chi connectivity index (χ0v) is 18.6. The Hall–Kier alpha value is -1.87. The van der Waals surface area contributed by atoms with Crippen molar-refractivity contribution >= 4 is 51.0 Å². The van der Waals surface area contributed by atoms with Crippen molar-refractivity contribution in [3.05, 3.63) is 55.0 Å². The van der Waals surface area contributed by atoms with Crippen molar-refractivity contribution in [2.45, 2.75) is 20.8 Å². The second-order valence-corrected chi connectivity index (χ2v) is 9.18. The van der Waals surface area contributed by atoms with Gasteiger partial charge < -0.3 is 9.47 Å². The molecular formula is C20H21IN2O3S. The zero-order chi connectivity index (χ0) is 19.6. The van der Waals surface area contributed by atoms with E-state index in [2.05, 4.69) is 25.8 Å². The van der Waals surface area contributed by atoms with Crippen molar-refractivity contribution in [3.8, 4) is 11.5 Å². The molecule has 0 aliphatic rings. The van der Waals surface area contributed by atoms with Gasteiger partial charge in [-0.25, -0.2) is 4.98 Å². The van der Waals surface area contributed by atoms with E-state index in [1.807, 2.05) is 58.3 Å². The summed E-state index contributed by atoms with van der Waals surface area (Å²) in [4.78, 5) is 17.7. The SMILES string of the molecule is COc1cccc(/C=C/c2nc3sccn3c(=O)c2I)c1OCC(C)(C)C. The first-order chi connectivity index (χ1) is 12.8. The Morgan fingerprint density at radius 2 is 2.07 bits per heavy atom. The fourth-order valence-corrected chi connectivity index (χ4v) is 3.69. The van der Waals surface area contributed by atoms with Crippen LogP contribution in [-0.2, 0) is 0 Å². The highest BCUT2D eigenvalue weighted by Gasteiger charge is 2.16. The summed E-state index contributed by atoms with van der Waals surface area (Å²) >= 11 is 3.48. The third kappa shape index (κ3) is 4.52. The molecule has 2 aromatic heterocycles. The van der Waals surface area contributed by atoms with E-state index < -0.39 is 0 Å². The number of para-hydroxylation sites is 1. The minimum Gasteiger partial charge on any atom is -0.493 e. The number of hydrogen-bond donors (Lipinski definition) is 0. The van der Waals surface area contributed by atoms with Gasteiger partial charge in [-0.1, -0.05) is 32.9 Å². The first-order valence-electron chi connectivity index (χ1n) is 8.43. The third-order valence-electron chi connectivity index (χ3n) is 3.74. The summed E-state index contributed by atoms with van der Waals surface area (Å²) < 4.78 is 13.7. The Kier molecular flexibility index (Phi) is 5.90. The molecule has 0 aliphatic carbocycles. The molecule has 142 valence electrons. The van der Waals surface area contributed by atoms with Gasteiger partial charge in [-0.2, -0.15) is 0 Å². The number of thiazole rings is 1. The summed E-state index contributed by atoms with van der Waals surface area (Å²) in [5, 5.41) is 1.85. The third-order valence-corrected chi connectivity index (χ3v) is 5.51. The van der Waals surface area contributed by atoms with Crippen molar-refractivity contribution in [2.24, 2.45) is 5.41 Å². The molecule has 0 amide bonds. The molecule has 7 heteroatoms. The van der Waals surface area contributed by atoms with E-state index in [1.54, 1.807) is 17.7 Å². The monoisotopic (exact) mass is 496 g/mol. The maximum Gasteiger partial charge on any atom is 0.272 e. The molecule has 0 saturated carbocycles. The molecule has 3 aromatic rings. The lowest BCUT2D eigenvalue weighted by Crippen LogP contribution is -2.17. The van der Waals surface area contributed by atoms with Crippen molar-refractivity contribution < 1.29 is 9.47 Å². The van der Waals surface area contributed by atoms with Crippen molar-refractivity contribution in [3.63, 3.8) is 0 Å². The van der Waals surface area contributed by atoms with Crippen LogP contribution < -0.4 is 15.0 Å². The van der Waals surface area contributed by atoms with Gasteiger partial charge in [0.05, 0.1) is 19.4 Å². The van der Waals surface area contributed by atoms with Gasteiger partial charge in [-0.3, -0.25) is 9.20 Å². The maximum atomic E-state index is 12.4. The van der Waals surface area contributed by atoms with Crippen LogP contribution in [0.5, 0.6) is 11.5 Å². The van der Waals surface area contributed by atoms with Crippen LogP contribution in [-0.4, -0.2) is 23.1 Å². The highest BCUT2D eigenvalue weighted by atomic mass is 127. The lowest BCUT2D eigenvalue weighted by molar-refractivity contribution is 0.191. The van der Waals surface area contributed by atoms with Crippen molar-refractivity contribution in [1.29, 1.82) is 0 Å². The van der Waals surface area contributed by atoms with Crippen LogP contribution in [0.25, 0.3) is 17.1 Å². The lowest BCUT2D eigenvalue weighted by atomic mass is 9.98. The van der Waals surface area contributed by atoms with E-state index in [9.17, 15) is 4.79 Å². The Morgan fingerprint density at radius 3 is 2.78 bits per heavy atom. The fraction of sp³-hybridized carbons (Fsp3) is 0.300. The van der Waals surface area contributed by atoms with Crippen LogP contribution in [0.4, 0.5) is 0 Å². The molecule has 3 rings (SSSR count). The second-order valence-electron chi connectivity index (χ2n) is 7.23. The standard InChI is InChI=1S/C20H21IN2O3S/c1-20(2,3)12-26-17-13(6-5-7-15(17)25-4)8-9-14-16(21)18(24)23-10-11-27-19(23)22-14/h5-11H,12H2,1-4H3/b9-8+. The predicted molar refractivity (Wildman–Crippen MR) is 119 cm³/mol. The van der Waals surface area contributed by atoms with Crippen LogP contribution in [0.3, 0.4) is 0 Å². The van der Waals surface area contributed by atoms with E-state index in [4.69, 9.17) is 9.47 Å². The van der Waals surface area contributed by atoms with Crippen LogP contribution in [0.2, 0.25) is 0 Å². The molecule has 0 unspecified atom stereocenters. The van der Waals surface area contributed by atoms with Crippen LogP contribution >= 0.6 is 33.9 Å². The molecule has 5 nitrogen and oxygen atoms in total. The van der Waals surface area contributed by atoms with Crippen LogP contribution in [0, 0.1) is 8.99 Å². The van der Waals surface area contributed by atoms with E-state index >= 15 is 0 Å². The average Bonchev–Trinajstić information content (AvgIpc) is 3.09. The fourth-order valence-electron chi connectivity index (χ4n) is 2.42. The number of hydrogen-bond acceptors (Lipinski definition) is 5. The topological polar surface area (TPSA) is 52.8 Å². The molecule has 0 N–H and O–H groups in total. The number of nitrogens with zero attached hydrogens (tertiary/aromatic N) is 2. The molecule has 0 radical (unpaired) electrons. The van der Waals surface area contributed by atoms with Gasteiger partial charge in [0.1, 0.15) is 3.57 Å². The molecule has 0 bridgehead atoms. The van der Waals surface area contributed by atoms with Gasteiger partial charge in [0.25, 0.3) is 5.56 Å². The molecule has 2 heterocycles. The molecule has 0 atom stereocenters. The molecule has 1 aromatic carbocycles. The quantitative estimate of drug-likeness (QED) is 0.469. The van der Waals surface area contributed by atoms with Crippen molar-refractivity contribution in [1.82, 2.24) is 9.38 Å². The molecule has 27 heavy (non-hydrogen) atoms. The van der Waals surface area contributed by atoms with Crippen LogP contribution in [0.15, 0.2) is 34.6 Å². The number of methoxy groups -OCH3 is 1. The van der Waals surface area contributed by atoms with Gasteiger partial charge >= 0.3 is 0 Å². The van der Waals surface area contributed by atoms with Gasteiger partial charge in [0, 0.05) is 17.1 Å². The van der Waals surface area contributed by atoms with E-state index in [1.165, 1.54) is 11.3 Å². The van der Waals surface area contributed by atoms with Crippen molar-refractivity contribution in [2.75, 3.05) is 13.7 Å². The lowest BCUT2D eigenvalue weighted by Gasteiger charge is -2.21. The molecular weight excluding hydrogens is 475 g/mol. The molecule has 0 fully saturated rings.